The summed E-state index contributed by atoms with van der Waals surface area (Å²) in [6.07, 6.45) is 0. The molecule has 32 heavy (non-hydrogen) atoms. The van der Waals surface area contributed by atoms with Crippen molar-refractivity contribution in [3.8, 4) is 0 Å². The van der Waals surface area contributed by atoms with E-state index in [4.69, 9.17) is 0 Å². The van der Waals surface area contributed by atoms with Gasteiger partial charge < -0.3 is 4.90 Å². The summed E-state index contributed by atoms with van der Waals surface area (Å²) in [5.74, 6) is 0.907. The van der Waals surface area contributed by atoms with Crippen LogP contribution in [0.4, 0.5) is 5.69 Å². The standard InChI is InChI=1S/C25H28N6S/c1-19-10-11-20(2)23(17-19)29-12-14-30(15-13-29)24(21-7-4-3-5-8-21)25-26-27-28-31(25)18-22-9-6-16-32-22/h3-11,16-17,24H,12-15,18H2,1-2H3. The summed E-state index contributed by atoms with van der Waals surface area (Å²) in [4.78, 5) is 6.29. The van der Waals surface area contributed by atoms with Gasteiger partial charge in [0.2, 0.25) is 0 Å². The first kappa shape index (κ1) is 20.8. The summed E-state index contributed by atoms with van der Waals surface area (Å²) in [5.41, 5.74) is 5.23. The van der Waals surface area contributed by atoms with Crippen molar-refractivity contribution in [2.45, 2.75) is 26.4 Å². The summed E-state index contributed by atoms with van der Waals surface area (Å²) in [7, 11) is 0. The highest BCUT2D eigenvalue weighted by Gasteiger charge is 2.31. The number of hydrogen-bond acceptors (Lipinski definition) is 6. The minimum absolute atomic E-state index is 0.0342. The largest absolute Gasteiger partial charge is 0.369 e. The number of piperazine rings is 1. The first-order valence-corrected chi connectivity index (χ1v) is 12.0. The molecule has 0 spiro atoms. The van der Waals surface area contributed by atoms with Crippen molar-refractivity contribution in [3.63, 3.8) is 0 Å². The monoisotopic (exact) mass is 444 g/mol. The Morgan fingerprint density at radius 3 is 2.50 bits per heavy atom. The van der Waals surface area contributed by atoms with Crippen LogP contribution in [0.5, 0.6) is 0 Å². The van der Waals surface area contributed by atoms with Crippen molar-refractivity contribution in [1.29, 1.82) is 0 Å². The lowest BCUT2D eigenvalue weighted by Crippen LogP contribution is -2.48. The first-order valence-electron chi connectivity index (χ1n) is 11.1. The Bertz CT molecular complexity index is 1150. The first-order chi connectivity index (χ1) is 15.7. The van der Waals surface area contributed by atoms with Gasteiger partial charge >= 0.3 is 0 Å². The van der Waals surface area contributed by atoms with E-state index in [1.165, 1.54) is 27.3 Å². The second-order valence-corrected chi connectivity index (χ2v) is 9.43. The zero-order valence-corrected chi connectivity index (χ0v) is 19.4. The Balaban J connectivity index is 1.41. The molecule has 1 fully saturated rings. The molecule has 0 aliphatic carbocycles. The van der Waals surface area contributed by atoms with Crippen LogP contribution in [-0.2, 0) is 6.54 Å². The molecule has 164 valence electrons. The van der Waals surface area contributed by atoms with Crippen LogP contribution in [0.15, 0.2) is 66.0 Å². The molecule has 1 atom stereocenters. The number of thiophene rings is 1. The van der Waals surface area contributed by atoms with Gasteiger partial charge in [-0.2, -0.15) is 0 Å². The van der Waals surface area contributed by atoms with Crippen molar-refractivity contribution in [2.24, 2.45) is 0 Å². The Hall–Kier alpha value is -3.03. The maximum absolute atomic E-state index is 4.50. The number of tetrazole rings is 1. The minimum Gasteiger partial charge on any atom is -0.369 e. The number of aromatic nitrogens is 4. The van der Waals surface area contributed by atoms with Gasteiger partial charge in [0.15, 0.2) is 5.82 Å². The number of aryl methyl sites for hydroxylation is 2. The average molecular weight is 445 g/mol. The van der Waals surface area contributed by atoms with Crippen LogP contribution >= 0.6 is 11.3 Å². The fraction of sp³-hybridized carbons (Fsp3) is 0.320. The summed E-state index contributed by atoms with van der Waals surface area (Å²) >= 11 is 1.74. The molecule has 1 aliphatic rings. The third kappa shape index (κ3) is 4.31. The predicted octanol–water partition coefficient (Wildman–Crippen LogP) is 4.31. The SMILES string of the molecule is Cc1ccc(C)c(N2CCN(C(c3ccccc3)c3nnnn3Cc3cccs3)CC2)c1. The van der Waals surface area contributed by atoms with Gasteiger partial charge in [-0.05, 0) is 58.5 Å². The maximum Gasteiger partial charge on any atom is 0.173 e. The Labute approximate surface area is 193 Å². The van der Waals surface area contributed by atoms with E-state index in [-0.39, 0.29) is 6.04 Å². The number of nitrogens with zero attached hydrogens (tertiary/aromatic N) is 6. The molecular weight excluding hydrogens is 416 g/mol. The van der Waals surface area contributed by atoms with Gasteiger partial charge in [0.05, 0.1) is 12.6 Å². The van der Waals surface area contributed by atoms with Gasteiger partial charge in [-0.1, -0.05) is 48.5 Å². The molecule has 5 rings (SSSR count). The molecule has 2 aromatic carbocycles. The number of benzene rings is 2. The Morgan fingerprint density at radius 2 is 1.75 bits per heavy atom. The van der Waals surface area contributed by atoms with E-state index in [2.05, 4.69) is 105 Å². The van der Waals surface area contributed by atoms with E-state index in [9.17, 15) is 0 Å². The smallest absolute Gasteiger partial charge is 0.173 e. The van der Waals surface area contributed by atoms with Crippen LogP contribution in [-0.4, -0.2) is 51.3 Å². The lowest BCUT2D eigenvalue weighted by molar-refractivity contribution is 0.201. The van der Waals surface area contributed by atoms with Gasteiger partial charge in [-0.25, -0.2) is 4.68 Å². The molecule has 1 aliphatic heterocycles. The topological polar surface area (TPSA) is 50.1 Å². The zero-order valence-electron chi connectivity index (χ0n) is 18.6. The molecule has 7 heteroatoms. The molecule has 2 aromatic heterocycles. The number of rotatable bonds is 6. The van der Waals surface area contributed by atoms with Gasteiger partial charge in [0.25, 0.3) is 0 Å². The second-order valence-electron chi connectivity index (χ2n) is 8.40. The normalized spacial score (nSPS) is 15.8. The molecule has 4 aromatic rings. The van der Waals surface area contributed by atoms with Crippen LogP contribution in [0.2, 0.25) is 0 Å². The molecule has 0 amide bonds. The van der Waals surface area contributed by atoms with Gasteiger partial charge in [0.1, 0.15) is 0 Å². The van der Waals surface area contributed by atoms with Crippen molar-refractivity contribution in [2.75, 3.05) is 31.1 Å². The van der Waals surface area contributed by atoms with Crippen molar-refractivity contribution in [1.82, 2.24) is 25.1 Å². The van der Waals surface area contributed by atoms with Crippen molar-refractivity contribution < 1.29 is 0 Å². The summed E-state index contributed by atoms with van der Waals surface area (Å²) in [6, 6.07) is 21.6. The third-order valence-electron chi connectivity index (χ3n) is 6.19. The van der Waals surface area contributed by atoms with Gasteiger partial charge in [-0.15, -0.1) is 16.4 Å². The Kier molecular flexibility index (Phi) is 6.01. The molecule has 0 radical (unpaired) electrons. The zero-order chi connectivity index (χ0) is 21.9. The molecule has 3 heterocycles. The Morgan fingerprint density at radius 1 is 0.938 bits per heavy atom. The minimum atomic E-state index is 0.0342. The second kappa shape index (κ2) is 9.22. The highest BCUT2D eigenvalue weighted by atomic mass is 32.1. The van der Waals surface area contributed by atoms with Crippen molar-refractivity contribution >= 4 is 17.0 Å². The maximum atomic E-state index is 4.50. The van der Waals surface area contributed by atoms with E-state index in [0.717, 1.165) is 32.0 Å². The van der Waals surface area contributed by atoms with E-state index < -0.39 is 0 Å². The summed E-state index contributed by atoms with van der Waals surface area (Å²) in [5, 5.41) is 15.0. The fourth-order valence-electron chi connectivity index (χ4n) is 4.51. The third-order valence-corrected chi connectivity index (χ3v) is 7.05. The molecule has 0 N–H and O–H groups in total. The molecule has 0 saturated carbocycles. The fourth-order valence-corrected chi connectivity index (χ4v) is 5.20. The van der Waals surface area contributed by atoms with Crippen LogP contribution in [0.3, 0.4) is 0 Å². The lowest BCUT2D eigenvalue weighted by atomic mass is 10.0. The molecule has 1 saturated heterocycles. The van der Waals surface area contributed by atoms with E-state index in [1.54, 1.807) is 11.3 Å². The van der Waals surface area contributed by atoms with Gasteiger partial charge in [0, 0.05) is 36.7 Å². The highest BCUT2D eigenvalue weighted by Crippen LogP contribution is 2.30. The van der Waals surface area contributed by atoms with Gasteiger partial charge in [-0.3, -0.25) is 4.90 Å². The van der Waals surface area contributed by atoms with Crippen LogP contribution < -0.4 is 4.90 Å². The van der Waals surface area contributed by atoms with Crippen LogP contribution in [0.25, 0.3) is 0 Å². The number of hydrogen-bond donors (Lipinski definition) is 0. The highest BCUT2D eigenvalue weighted by molar-refractivity contribution is 7.09. The summed E-state index contributed by atoms with van der Waals surface area (Å²) in [6.45, 7) is 8.95. The van der Waals surface area contributed by atoms with E-state index in [1.807, 2.05) is 4.68 Å². The van der Waals surface area contributed by atoms with E-state index >= 15 is 0 Å². The lowest BCUT2D eigenvalue weighted by Gasteiger charge is -2.40. The van der Waals surface area contributed by atoms with Crippen LogP contribution in [0.1, 0.15) is 33.4 Å². The number of anilines is 1. The van der Waals surface area contributed by atoms with Crippen LogP contribution in [0, 0.1) is 13.8 Å². The quantitative estimate of drug-likeness (QED) is 0.444. The predicted molar refractivity (Wildman–Crippen MR) is 129 cm³/mol. The van der Waals surface area contributed by atoms with E-state index in [0.29, 0.717) is 6.54 Å². The molecule has 1 unspecified atom stereocenters. The molecule has 6 nitrogen and oxygen atoms in total. The van der Waals surface area contributed by atoms with Crippen molar-refractivity contribution in [3.05, 3.63) is 93.4 Å². The average Bonchev–Trinajstić information content (AvgIpc) is 3.50. The molecular formula is C25H28N6S. The molecule has 0 bridgehead atoms. The summed E-state index contributed by atoms with van der Waals surface area (Å²) < 4.78 is 1.96.